The van der Waals surface area contributed by atoms with E-state index in [0.717, 1.165) is 55.7 Å². The normalized spacial score (nSPS) is 24.5. The predicted molar refractivity (Wildman–Crippen MR) is 129 cm³/mol. The van der Waals surface area contributed by atoms with Gasteiger partial charge in [0, 0.05) is 37.5 Å². The highest BCUT2D eigenvalue weighted by Crippen LogP contribution is 2.35. The Morgan fingerprint density at radius 1 is 1.34 bits per heavy atom. The zero-order valence-electron chi connectivity index (χ0n) is 19.1. The Kier molecular flexibility index (Phi) is 7.58. The van der Waals surface area contributed by atoms with Crippen molar-refractivity contribution in [3.63, 3.8) is 0 Å². The number of hydrogen-bond acceptors (Lipinski definition) is 5. The lowest BCUT2D eigenvalue weighted by molar-refractivity contribution is -0.141. The molecule has 0 aliphatic carbocycles. The number of ether oxygens (including phenoxy) is 1. The summed E-state index contributed by atoms with van der Waals surface area (Å²) in [6.07, 6.45) is 7.22. The van der Waals surface area contributed by atoms with Gasteiger partial charge < -0.3 is 14.5 Å². The van der Waals surface area contributed by atoms with Gasteiger partial charge in [0.1, 0.15) is 12.4 Å². The molecule has 2 fully saturated rings. The number of piperidine rings is 1. The largest absolute Gasteiger partial charge is 0.492 e. The summed E-state index contributed by atoms with van der Waals surface area (Å²) in [6.45, 7) is 4.68. The van der Waals surface area contributed by atoms with Crippen LogP contribution in [0.5, 0.6) is 5.75 Å². The van der Waals surface area contributed by atoms with E-state index in [1.54, 1.807) is 11.8 Å². The molecule has 3 heterocycles. The number of carbonyl (C=O) groups is 2. The molecule has 0 bridgehead atoms. The number of rotatable bonds is 7. The van der Waals surface area contributed by atoms with Crippen molar-refractivity contribution in [2.75, 3.05) is 38.2 Å². The molecule has 2 saturated heterocycles. The molecule has 1 aromatic carbocycles. The Balaban J connectivity index is 1.40. The molecule has 1 aromatic rings. The minimum atomic E-state index is -0.310. The van der Waals surface area contributed by atoms with Crippen LogP contribution in [-0.4, -0.2) is 71.6 Å². The zero-order chi connectivity index (χ0) is 22.7. The predicted octanol–water partition coefficient (Wildman–Crippen LogP) is 3.56. The van der Waals surface area contributed by atoms with Gasteiger partial charge in [-0.15, -0.1) is 0 Å². The Bertz CT molecular complexity index is 844. The third-order valence-corrected chi connectivity index (χ3v) is 7.93. The van der Waals surface area contributed by atoms with Crippen LogP contribution in [0.15, 0.2) is 18.2 Å². The van der Waals surface area contributed by atoms with E-state index in [1.165, 1.54) is 0 Å². The molecule has 2 amide bonds. The van der Waals surface area contributed by atoms with Crippen molar-refractivity contribution in [1.29, 1.82) is 0 Å². The van der Waals surface area contributed by atoms with E-state index in [2.05, 4.69) is 23.4 Å². The van der Waals surface area contributed by atoms with Crippen molar-refractivity contribution in [3.05, 3.63) is 28.8 Å². The number of amides is 2. The molecular weight excluding hydrogens is 446 g/mol. The first kappa shape index (κ1) is 23.7. The average Bonchev–Trinajstić information content (AvgIpc) is 3.05. The highest BCUT2D eigenvalue weighted by Gasteiger charge is 2.51. The molecule has 6 nitrogen and oxygen atoms in total. The van der Waals surface area contributed by atoms with Crippen LogP contribution in [0.2, 0.25) is 5.02 Å². The van der Waals surface area contributed by atoms with Gasteiger partial charge in [0.05, 0.1) is 17.6 Å². The van der Waals surface area contributed by atoms with Crippen LogP contribution >= 0.6 is 23.4 Å². The Hall–Kier alpha value is -1.44. The molecule has 3 aliphatic heterocycles. The first-order valence-corrected chi connectivity index (χ1v) is 13.5. The highest BCUT2D eigenvalue weighted by molar-refractivity contribution is 7.98. The van der Waals surface area contributed by atoms with Crippen LogP contribution < -0.4 is 10.1 Å². The molecule has 8 heteroatoms. The van der Waals surface area contributed by atoms with Crippen molar-refractivity contribution >= 4 is 35.2 Å². The van der Waals surface area contributed by atoms with E-state index in [-0.39, 0.29) is 29.4 Å². The molecule has 3 aliphatic rings. The molecule has 0 aromatic heterocycles. The second-order valence-electron chi connectivity index (χ2n) is 9.14. The number of nitrogens with one attached hydrogen (secondary N) is 1. The SMILES string of the molecule is CCCCN1C(=O)C(CCSC)NC12CCN(C(=O)C1COc3ccc(Cl)cc3C1)CC2. The van der Waals surface area contributed by atoms with Crippen LogP contribution in [0.3, 0.4) is 0 Å². The average molecular weight is 480 g/mol. The molecule has 2 unspecified atom stereocenters. The zero-order valence-corrected chi connectivity index (χ0v) is 20.6. The summed E-state index contributed by atoms with van der Waals surface area (Å²) in [5.74, 6) is 2.00. The van der Waals surface area contributed by atoms with Gasteiger partial charge in [-0.3, -0.25) is 14.9 Å². The summed E-state index contributed by atoms with van der Waals surface area (Å²) in [7, 11) is 0. The standard InChI is InChI=1S/C24H34ClN3O3S/c1-3-4-10-28-23(30)20(7-13-32-2)26-24(28)8-11-27(12-9-24)22(29)18-14-17-15-19(25)5-6-21(17)31-16-18/h5-6,15,18,20,26H,3-4,7-14,16H2,1-2H3. The van der Waals surface area contributed by atoms with Gasteiger partial charge in [0.25, 0.3) is 0 Å². The first-order valence-electron chi connectivity index (χ1n) is 11.8. The van der Waals surface area contributed by atoms with Crippen molar-refractivity contribution < 1.29 is 14.3 Å². The summed E-state index contributed by atoms with van der Waals surface area (Å²) >= 11 is 7.91. The fourth-order valence-corrected chi connectivity index (χ4v) is 5.89. The number of thioether (sulfide) groups is 1. The van der Waals surface area contributed by atoms with Gasteiger partial charge in [-0.25, -0.2) is 0 Å². The summed E-state index contributed by atoms with van der Waals surface area (Å²) in [5, 5.41) is 4.36. The van der Waals surface area contributed by atoms with Crippen LogP contribution in [0.1, 0.15) is 44.6 Å². The number of unbranched alkanes of at least 4 members (excludes halogenated alkanes) is 1. The Morgan fingerprint density at radius 2 is 2.12 bits per heavy atom. The van der Waals surface area contributed by atoms with Crippen molar-refractivity contribution in [2.24, 2.45) is 5.92 Å². The van der Waals surface area contributed by atoms with E-state index >= 15 is 0 Å². The van der Waals surface area contributed by atoms with E-state index in [1.807, 2.05) is 23.1 Å². The number of nitrogens with zero attached hydrogens (tertiary/aromatic N) is 2. The Labute approximate surface area is 200 Å². The molecule has 1 N–H and O–H groups in total. The fourth-order valence-electron chi connectivity index (χ4n) is 5.23. The molecule has 2 atom stereocenters. The maximum absolute atomic E-state index is 13.3. The number of benzene rings is 1. The first-order chi connectivity index (χ1) is 15.5. The maximum Gasteiger partial charge on any atom is 0.241 e. The number of fused-ring (bicyclic) bond motifs is 1. The van der Waals surface area contributed by atoms with Gasteiger partial charge in [-0.2, -0.15) is 11.8 Å². The highest BCUT2D eigenvalue weighted by atomic mass is 35.5. The van der Waals surface area contributed by atoms with Crippen molar-refractivity contribution in [3.8, 4) is 5.75 Å². The quantitative estimate of drug-likeness (QED) is 0.647. The van der Waals surface area contributed by atoms with Crippen LogP contribution in [0.25, 0.3) is 0 Å². The summed E-state index contributed by atoms with van der Waals surface area (Å²) in [5.41, 5.74) is 0.691. The minimum Gasteiger partial charge on any atom is -0.492 e. The second-order valence-corrected chi connectivity index (χ2v) is 10.6. The third kappa shape index (κ3) is 4.75. The van der Waals surface area contributed by atoms with E-state index in [0.29, 0.717) is 31.1 Å². The van der Waals surface area contributed by atoms with E-state index in [9.17, 15) is 9.59 Å². The second kappa shape index (κ2) is 10.2. The summed E-state index contributed by atoms with van der Waals surface area (Å²) < 4.78 is 5.85. The Morgan fingerprint density at radius 3 is 2.84 bits per heavy atom. The van der Waals surface area contributed by atoms with E-state index in [4.69, 9.17) is 16.3 Å². The van der Waals surface area contributed by atoms with Crippen molar-refractivity contribution in [2.45, 2.75) is 57.2 Å². The fraction of sp³-hybridized carbons (Fsp3) is 0.667. The topological polar surface area (TPSA) is 61.9 Å². The molecule has 176 valence electrons. The molecular formula is C24H34ClN3O3S. The number of carbonyl (C=O) groups excluding carboxylic acids is 2. The maximum atomic E-state index is 13.3. The molecule has 4 rings (SSSR count). The van der Waals surface area contributed by atoms with Gasteiger partial charge >= 0.3 is 0 Å². The van der Waals surface area contributed by atoms with Crippen LogP contribution in [-0.2, 0) is 16.0 Å². The lowest BCUT2D eigenvalue weighted by Gasteiger charge is -2.45. The monoisotopic (exact) mass is 479 g/mol. The smallest absolute Gasteiger partial charge is 0.241 e. The van der Waals surface area contributed by atoms with E-state index < -0.39 is 0 Å². The summed E-state index contributed by atoms with van der Waals surface area (Å²) in [6, 6.07) is 5.49. The molecule has 0 radical (unpaired) electrons. The number of hydrogen-bond donors (Lipinski definition) is 1. The molecule has 1 spiro atoms. The minimum absolute atomic E-state index is 0.102. The van der Waals surface area contributed by atoms with Gasteiger partial charge in [0.2, 0.25) is 11.8 Å². The molecule has 0 saturated carbocycles. The number of halogens is 1. The van der Waals surface area contributed by atoms with Crippen LogP contribution in [0, 0.1) is 5.92 Å². The van der Waals surface area contributed by atoms with Gasteiger partial charge in [-0.05, 0) is 55.0 Å². The number of likely N-dealkylation sites (tertiary alicyclic amines) is 1. The summed E-state index contributed by atoms with van der Waals surface area (Å²) in [4.78, 5) is 30.5. The lowest BCUT2D eigenvalue weighted by Crippen LogP contribution is -2.60. The van der Waals surface area contributed by atoms with Crippen molar-refractivity contribution in [1.82, 2.24) is 15.1 Å². The van der Waals surface area contributed by atoms with Gasteiger partial charge in [-0.1, -0.05) is 24.9 Å². The molecule has 32 heavy (non-hydrogen) atoms. The lowest BCUT2D eigenvalue weighted by atomic mass is 9.92. The third-order valence-electron chi connectivity index (χ3n) is 7.05. The van der Waals surface area contributed by atoms with Gasteiger partial charge in [0.15, 0.2) is 0 Å². The van der Waals surface area contributed by atoms with Crippen LogP contribution in [0.4, 0.5) is 0 Å².